The van der Waals surface area contributed by atoms with E-state index in [4.69, 9.17) is 5.11 Å². The molecule has 1 aromatic rings. The van der Waals surface area contributed by atoms with Gasteiger partial charge >= 0.3 is 5.97 Å². The van der Waals surface area contributed by atoms with E-state index in [1.54, 1.807) is 12.1 Å². The zero-order chi connectivity index (χ0) is 14.4. The predicted molar refractivity (Wildman–Crippen MR) is 72.8 cm³/mol. The number of carbonyl (C=O) groups is 2. The van der Waals surface area contributed by atoms with E-state index >= 15 is 0 Å². The number of hydrogen-bond acceptors (Lipinski definition) is 3. The van der Waals surface area contributed by atoms with Crippen LogP contribution in [0.25, 0.3) is 0 Å². The highest BCUT2D eigenvalue weighted by molar-refractivity contribution is 9.12. The fourth-order valence-electron chi connectivity index (χ4n) is 1.37. The number of amides is 1. The highest BCUT2D eigenvalue weighted by Crippen LogP contribution is 2.05. The van der Waals surface area contributed by atoms with Crippen LogP contribution in [0.2, 0.25) is 0 Å². The third-order valence-corrected chi connectivity index (χ3v) is 2.57. The Morgan fingerprint density at radius 1 is 1.32 bits per heavy atom. The zero-order valence-corrected chi connectivity index (χ0v) is 11.6. The van der Waals surface area contributed by atoms with Gasteiger partial charge in [-0.1, -0.05) is 5.92 Å². The van der Waals surface area contributed by atoms with E-state index in [2.05, 4.69) is 32.0 Å². The van der Waals surface area contributed by atoms with Gasteiger partial charge in [-0.15, -0.1) is 0 Å². The molecule has 3 N–H and O–H groups in total. The molecule has 1 rings (SSSR count). The van der Waals surface area contributed by atoms with Crippen LogP contribution in [0.5, 0.6) is 0 Å². The minimum atomic E-state index is -1.34. The number of aliphatic carboxylic acids is 1. The Hall–Kier alpha value is -1.84. The smallest absolute Gasteiger partial charge is 0.328 e. The van der Waals surface area contributed by atoms with Crippen LogP contribution in [0.3, 0.4) is 0 Å². The van der Waals surface area contributed by atoms with Crippen molar-refractivity contribution in [2.75, 3.05) is 0 Å². The molecule has 5 nitrogen and oxygen atoms in total. The number of carboxylic acids is 1. The number of carbonyl (C=O) groups excluding carboxylic acids is 1. The maximum atomic E-state index is 11.8. The summed E-state index contributed by atoms with van der Waals surface area (Å²) in [5.41, 5.74) is 1.02. The molecule has 0 unspecified atom stereocenters. The lowest BCUT2D eigenvalue weighted by Crippen LogP contribution is -2.47. The van der Waals surface area contributed by atoms with Crippen molar-refractivity contribution in [2.24, 2.45) is 0 Å². The number of aliphatic hydroxyl groups is 1. The summed E-state index contributed by atoms with van der Waals surface area (Å²) < 4.78 is 0. The van der Waals surface area contributed by atoms with Gasteiger partial charge in [0.05, 0.1) is 6.10 Å². The molecule has 0 radical (unpaired) electrons. The third kappa shape index (κ3) is 4.39. The second-order valence-electron chi connectivity index (χ2n) is 3.83. The van der Waals surface area contributed by atoms with Crippen LogP contribution < -0.4 is 5.32 Å². The summed E-state index contributed by atoms with van der Waals surface area (Å²) in [6.45, 7) is 1.30. The minimum absolute atomic E-state index is 0.298. The van der Waals surface area contributed by atoms with Crippen LogP contribution >= 0.6 is 15.9 Å². The molecule has 0 bridgehead atoms. The molecule has 100 valence electrons. The van der Waals surface area contributed by atoms with E-state index in [0.717, 1.165) is 5.56 Å². The second-order valence-corrected chi connectivity index (χ2v) is 4.22. The molecule has 6 heteroatoms. The van der Waals surface area contributed by atoms with Crippen LogP contribution in [0.1, 0.15) is 22.8 Å². The number of carboxylic acid groups (broad SMARTS) is 1. The largest absolute Gasteiger partial charge is 0.480 e. The van der Waals surface area contributed by atoms with Gasteiger partial charge in [-0.2, -0.15) is 0 Å². The quantitative estimate of drug-likeness (QED) is 0.719. The van der Waals surface area contributed by atoms with Gasteiger partial charge in [-0.05, 0) is 36.0 Å². The molecule has 0 spiro atoms. The fraction of sp³-hybridized carbons (Fsp3) is 0.231. The van der Waals surface area contributed by atoms with Crippen LogP contribution in [0.15, 0.2) is 24.3 Å². The summed E-state index contributed by atoms with van der Waals surface area (Å²) in [4.78, 5) is 25.2. The van der Waals surface area contributed by atoms with Gasteiger partial charge in [-0.25, -0.2) is 4.79 Å². The lowest BCUT2D eigenvalue weighted by molar-refractivity contribution is -0.141. The summed E-state index contributed by atoms with van der Waals surface area (Å²) in [6, 6.07) is 5.00. The topological polar surface area (TPSA) is 86.6 Å². The van der Waals surface area contributed by atoms with Crippen molar-refractivity contribution in [3.05, 3.63) is 35.4 Å². The van der Waals surface area contributed by atoms with Crippen molar-refractivity contribution < 1.29 is 19.8 Å². The molecule has 0 fully saturated rings. The first kappa shape index (κ1) is 15.2. The van der Waals surface area contributed by atoms with Crippen molar-refractivity contribution in [2.45, 2.75) is 19.1 Å². The van der Waals surface area contributed by atoms with Crippen LogP contribution in [-0.2, 0) is 4.79 Å². The lowest BCUT2D eigenvalue weighted by atomic mass is 10.1. The highest BCUT2D eigenvalue weighted by Gasteiger charge is 2.25. The summed E-state index contributed by atoms with van der Waals surface area (Å²) in [5.74, 6) is 0.902. The minimum Gasteiger partial charge on any atom is -0.480 e. The first-order valence-corrected chi connectivity index (χ1v) is 6.18. The first-order valence-electron chi connectivity index (χ1n) is 5.39. The van der Waals surface area contributed by atoms with E-state index in [1.807, 2.05) is 0 Å². The Labute approximate surface area is 118 Å². The maximum Gasteiger partial charge on any atom is 0.328 e. The summed E-state index contributed by atoms with van der Waals surface area (Å²) >= 11 is 2.96. The molecule has 0 aliphatic carbocycles. The summed E-state index contributed by atoms with van der Waals surface area (Å²) in [7, 11) is 0. The summed E-state index contributed by atoms with van der Waals surface area (Å²) in [5, 5.41) is 20.4. The van der Waals surface area contributed by atoms with Crippen molar-refractivity contribution >= 4 is 27.8 Å². The standard InChI is InChI=1S/C13H12BrNO4/c1-8(16)11(13(18)19)15-12(17)10-4-2-9(3-5-10)6-7-14/h2-5,8,11,16H,1H3,(H,15,17)(H,18,19)/t8-,11-/m1/s1. The molecule has 0 heterocycles. The van der Waals surface area contributed by atoms with Gasteiger partial charge in [0.2, 0.25) is 0 Å². The summed E-state index contributed by atoms with van der Waals surface area (Å²) in [6.07, 6.45) is -1.18. The van der Waals surface area contributed by atoms with Crippen LogP contribution in [0.4, 0.5) is 0 Å². The van der Waals surface area contributed by atoms with Crippen molar-refractivity contribution in [1.29, 1.82) is 0 Å². The highest BCUT2D eigenvalue weighted by atomic mass is 79.9. The fourth-order valence-corrected chi connectivity index (χ4v) is 1.60. The van der Waals surface area contributed by atoms with E-state index in [-0.39, 0.29) is 0 Å². The van der Waals surface area contributed by atoms with Gasteiger partial charge < -0.3 is 15.5 Å². The number of aliphatic hydroxyl groups excluding tert-OH is 1. The molecule has 2 atom stereocenters. The Morgan fingerprint density at radius 3 is 2.32 bits per heavy atom. The SMILES string of the molecule is C[C@@H](O)[C@@H](NC(=O)c1ccc(C#CBr)cc1)C(=O)O. The molecule has 0 saturated carbocycles. The number of benzene rings is 1. The van der Waals surface area contributed by atoms with E-state index in [0.29, 0.717) is 5.56 Å². The monoisotopic (exact) mass is 325 g/mol. The molecule has 1 amide bonds. The number of rotatable bonds is 4. The number of nitrogens with one attached hydrogen (secondary N) is 1. The van der Waals surface area contributed by atoms with Crippen molar-refractivity contribution in [3.63, 3.8) is 0 Å². The number of hydrogen-bond donors (Lipinski definition) is 3. The van der Waals surface area contributed by atoms with Gasteiger partial charge in [0.15, 0.2) is 6.04 Å². The average molecular weight is 326 g/mol. The van der Waals surface area contributed by atoms with Crippen molar-refractivity contribution in [3.8, 4) is 10.8 Å². The van der Waals surface area contributed by atoms with Gasteiger partial charge in [0, 0.05) is 27.1 Å². The molecule has 0 aromatic heterocycles. The van der Waals surface area contributed by atoms with E-state index in [9.17, 15) is 14.7 Å². The Bertz CT molecular complexity index is 528. The van der Waals surface area contributed by atoms with Gasteiger partial charge in [0.25, 0.3) is 5.91 Å². The number of halogens is 1. The Balaban J connectivity index is 2.82. The zero-order valence-electron chi connectivity index (χ0n) is 10.1. The normalized spacial score (nSPS) is 12.8. The predicted octanol–water partition coefficient (Wildman–Crippen LogP) is 0.954. The lowest BCUT2D eigenvalue weighted by Gasteiger charge is -2.16. The van der Waals surface area contributed by atoms with Crippen molar-refractivity contribution in [1.82, 2.24) is 5.32 Å². The molecule has 0 aliphatic rings. The second kappa shape index (κ2) is 6.92. The third-order valence-electron chi connectivity index (χ3n) is 2.37. The van der Waals surface area contributed by atoms with Crippen LogP contribution in [-0.4, -0.2) is 34.2 Å². The Kier molecular flexibility index (Phi) is 5.55. The molecule has 0 saturated heterocycles. The first-order chi connectivity index (χ1) is 8.95. The van der Waals surface area contributed by atoms with Gasteiger partial charge in [0.1, 0.15) is 0 Å². The van der Waals surface area contributed by atoms with Crippen LogP contribution in [0, 0.1) is 10.8 Å². The van der Waals surface area contributed by atoms with E-state index < -0.39 is 24.0 Å². The maximum absolute atomic E-state index is 11.8. The molecular formula is C13H12BrNO4. The molecule has 1 aromatic carbocycles. The molecule has 0 aliphatic heterocycles. The molecule has 19 heavy (non-hydrogen) atoms. The van der Waals surface area contributed by atoms with Gasteiger partial charge in [-0.3, -0.25) is 4.79 Å². The average Bonchev–Trinajstić information content (AvgIpc) is 2.36. The molecular weight excluding hydrogens is 314 g/mol. The Morgan fingerprint density at radius 2 is 1.89 bits per heavy atom. The van der Waals surface area contributed by atoms with E-state index in [1.165, 1.54) is 19.1 Å².